The molecule has 2 amide bonds. The van der Waals surface area contributed by atoms with Crippen LogP contribution in [0, 0.1) is 5.92 Å². The molecule has 2 rings (SSSR count). The molecule has 0 aliphatic carbocycles. The van der Waals surface area contributed by atoms with Gasteiger partial charge in [-0.05, 0) is 51.1 Å². The van der Waals surface area contributed by atoms with E-state index < -0.39 is 0 Å². The summed E-state index contributed by atoms with van der Waals surface area (Å²) in [7, 11) is 1.56. The van der Waals surface area contributed by atoms with Crippen molar-refractivity contribution in [3.05, 3.63) is 29.8 Å². The minimum Gasteiger partial charge on any atom is -0.466 e. The van der Waals surface area contributed by atoms with Gasteiger partial charge < -0.3 is 15.4 Å². The SMILES string of the molecule is CCOC(=O)C1CCN(CC(=O)Nc2cccc(C(=O)NC)c2)CC1. The molecule has 25 heavy (non-hydrogen) atoms. The minimum absolute atomic E-state index is 0.0662. The van der Waals surface area contributed by atoms with Crippen molar-refractivity contribution >= 4 is 23.5 Å². The molecule has 1 aliphatic heterocycles. The molecule has 0 aromatic heterocycles. The Hall–Kier alpha value is -2.41. The van der Waals surface area contributed by atoms with Crippen LogP contribution in [0.5, 0.6) is 0 Å². The second kappa shape index (κ2) is 9.17. The van der Waals surface area contributed by atoms with Crippen LogP contribution >= 0.6 is 0 Å². The van der Waals surface area contributed by atoms with Crippen LogP contribution in [0.25, 0.3) is 0 Å². The highest BCUT2D eigenvalue weighted by atomic mass is 16.5. The zero-order chi connectivity index (χ0) is 18.2. The zero-order valence-electron chi connectivity index (χ0n) is 14.7. The fourth-order valence-electron chi connectivity index (χ4n) is 2.87. The van der Waals surface area contributed by atoms with Crippen LogP contribution in [0.4, 0.5) is 5.69 Å². The van der Waals surface area contributed by atoms with Gasteiger partial charge in [0.25, 0.3) is 5.91 Å². The van der Waals surface area contributed by atoms with Gasteiger partial charge in [0, 0.05) is 18.3 Å². The molecule has 1 fully saturated rings. The third-order valence-electron chi connectivity index (χ3n) is 4.21. The number of amides is 2. The van der Waals surface area contributed by atoms with Gasteiger partial charge in [0.1, 0.15) is 0 Å². The molecule has 0 spiro atoms. The summed E-state index contributed by atoms with van der Waals surface area (Å²) in [6.45, 7) is 3.84. The van der Waals surface area contributed by atoms with Crippen molar-refractivity contribution in [1.82, 2.24) is 10.2 Å². The summed E-state index contributed by atoms with van der Waals surface area (Å²) < 4.78 is 5.05. The van der Waals surface area contributed by atoms with E-state index in [-0.39, 0.29) is 30.2 Å². The number of nitrogens with one attached hydrogen (secondary N) is 2. The number of anilines is 1. The predicted molar refractivity (Wildman–Crippen MR) is 94.3 cm³/mol. The highest BCUT2D eigenvalue weighted by Gasteiger charge is 2.26. The first-order chi connectivity index (χ1) is 12.0. The number of carbonyl (C=O) groups is 3. The second-order valence-corrected chi connectivity index (χ2v) is 6.01. The van der Waals surface area contributed by atoms with E-state index in [2.05, 4.69) is 10.6 Å². The van der Waals surface area contributed by atoms with Crippen LogP contribution in [-0.4, -0.2) is 56.0 Å². The standard InChI is InChI=1S/C18H25N3O4/c1-3-25-18(24)13-7-9-21(10-8-13)12-16(22)20-15-6-4-5-14(11-15)17(23)19-2/h4-6,11,13H,3,7-10,12H2,1-2H3,(H,19,23)(H,20,22). The largest absolute Gasteiger partial charge is 0.466 e. The number of piperidine rings is 1. The molecular formula is C18H25N3O4. The van der Waals surface area contributed by atoms with Gasteiger partial charge in [-0.2, -0.15) is 0 Å². The van der Waals surface area contributed by atoms with E-state index in [9.17, 15) is 14.4 Å². The van der Waals surface area contributed by atoms with Crippen molar-refractivity contribution in [2.45, 2.75) is 19.8 Å². The molecule has 136 valence electrons. The number of hydrogen-bond donors (Lipinski definition) is 2. The summed E-state index contributed by atoms with van der Waals surface area (Å²) in [5, 5.41) is 5.36. The van der Waals surface area contributed by atoms with Crippen LogP contribution in [0.3, 0.4) is 0 Å². The van der Waals surface area contributed by atoms with Gasteiger partial charge in [0.15, 0.2) is 0 Å². The monoisotopic (exact) mass is 347 g/mol. The van der Waals surface area contributed by atoms with Crippen LogP contribution in [0.2, 0.25) is 0 Å². The number of carbonyl (C=O) groups excluding carboxylic acids is 3. The predicted octanol–water partition coefficient (Wildman–Crippen LogP) is 1.26. The molecule has 0 radical (unpaired) electrons. The maximum absolute atomic E-state index is 12.2. The van der Waals surface area contributed by atoms with E-state index in [1.54, 1.807) is 38.2 Å². The van der Waals surface area contributed by atoms with Crippen molar-refractivity contribution in [2.75, 3.05) is 38.6 Å². The first-order valence-corrected chi connectivity index (χ1v) is 8.54. The number of nitrogens with zero attached hydrogens (tertiary/aromatic N) is 1. The van der Waals surface area contributed by atoms with E-state index in [0.29, 0.717) is 43.8 Å². The van der Waals surface area contributed by atoms with Crippen LogP contribution in [-0.2, 0) is 14.3 Å². The molecule has 7 nitrogen and oxygen atoms in total. The Morgan fingerprint density at radius 1 is 1.24 bits per heavy atom. The Kier molecular flexibility index (Phi) is 6.94. The summed E-state index contributed by atoms with van der Waals surface area (Å²) in [5.41, 5.74) is 1.09. The molecule has 7 heteroatoms. The second-order valence-electron chi connectivity index (χ2n) is 6.01. The van der Waals surface area contributed by atoms with Gasteiger partial charge in [-0.1, -0.05) is 6.07 Å². The fraction of sp³-hybridized carbons (Fsp3) is 0.500. The summed E-state index contributed by atoms with van der Waals surface area (Å²) in [6.07, 6.45) is 1.41. The van der Waals surface area contributed by atoms with E-state index >= 15 is 0 Å². The smallest absolute Gasteiger partial charge is 0.309 e. The summed E-state index contributed by atoms with van der Waals surface area (Å²) in [6, 6.07) is 6.81. The average Bonchev–Trinajstić information content (AvgIpc) is 2.62. The third-order valence-corrected chi connectivity index (χ3v) is 4.21. The molecule has 0 bridgehead atoms. The van der Waals surface area contributed by atoms with Gasteiger partial charge in [-0.15, -0.1) is 0 Å². The highest BCUT2D eigenvalue weighted by molar-refractivity contribution is 5.97. The Morgan fingerprint density at radius 3 is 2.60 bits per heavy atom. The first-order valence-electron chi connectivity index (χ1n) is 8.54. The lowest BCUT2D eigenvalue weighted by molar-refractivity contribution is -0.149. The molecule has 1 aromatic carbocycles. The highest BCUT2D eigenvalue weighted by Crippen LogP contribution is 2.18. The van der Waals surface area contributed by atoms with Crippen LogP contribution in [0.1, 0.15) is 30.1 Å². The quantitative estimate of drug-likeness (QED) is 0.757. The lowest BCUT2D eigenvalue weighted by Gasteiger charge is -2.30. The fourth-order valence-corrected chi connectivity index (χ4v) is 2.87. The maximum Gasteiger partial charge on any atom is 0.309 e. The van der Waals surface area contributed by atoms with Gasteiger partial charge in [0.05, 0.1) is 19.1 Å². The lowest BCUT2D eigenvalue weighted by Crippen LogP contribution is -2.41. The topological polar surface area (TPSA) is 87.7 Å². The van der Waals surface area contributed by atoms with Crippen LogP contribution in [0.15, 0.2) is 24.3 Å². The molecule has 0 saturated carbocycles. The number of hydrogen-bond acceptors (Lipinski definition) is 5. The molecule has 0 atom stereocenters. The third kappa shape index (κ3) is 5.56. The van der Waals surface area contributed by atoms with Crippen molar-refractivity contribution < 1.29 is 19.1 Å². The molecule has 1 heterocycles. The van der Waals surface area contributed by atoms with E-state index in [0.717, 1.165) is 0 Å². The minimum atomic E-state index is -0.197. The Balaban J connectivity index is 1.81. The Labute approximate surface area is 147 Å². The maximum atomic E-state index is 12.2. The molecule has 1 saturated heterocycles. The van der Waals surface area contributed by atoms with Crippen LogP contribution < -0.4 is 10.6 Å². The van der Waals surface area contributed by atoms with Gasteiger partial charge in [-0.25, -0.2) is 0 Å². The number of likely N-dealkylation sites (tertiary alicyclic amines) is 1. The number of ether oxygens (including phenoxy) is 1. The lowest BCUT2D eigenvalue weighted by atomic mass is 9.97. The van der Waals surface area contributed by atoms with Crippen molar-refractivity contribution in [3.63, 3.8) is 0 Å². The number of benzene rings is 1. The molecule has 1 aliphatic rings. The summed E-state index contributed by atoms with van der Waals surface area (Å²) in [5.74, 6) is -0.540. The van der Waals surface area contributed by atoms with Gasteiger partial charge in [-0.3, -0.25) is 19.3 Å². The van der Waals surface area contributed by atoms with Gasteiger partial charge in [0.2, 0.25) is 5.91 Å². The van der Waals surface area contributed by atoms with Crippen molar-refractivity contribution in [2.24, 2.45) is 5.92 Å². The average molecular weight is 347 g/mol. The first kappa shape index (κ1) is 18.9. The molecular weight excluding hydrogens is 322 g/mol. The number of esters is 1. The molecule has 1 aromatic rings. The normalized spacial score (nSPS) is 15.4. The van der Waals surface area contributed by atoms with Crippen molar-refractivity contribution in [1.29, 1.82) is 0 Å². The van der Waals surface area contributed by atoms with E-state index in [4.69, 9.17) is 4.74 Å². The van der Waals surface area contributed by atoms with Crippen molar-refractivity contribution in [3.8, 4) is 0 Å². The zero-order valence-corrected chi connectivity index (χ0v) is 14.7. The summed E-state index contributed by atoms with van der Waals surface area (Å²) >= 11 is 0. The van der Waals surface area contributed by atoms with E-state index in [1.807, 2.05) is 4.90 Å². The molecule has 0 unspecified atom stereocenters. The van der Waals surface area contributed by atoms with Gasteiger partial charge >= 0.3 is 5.97 Å². The molecule has 2 N–H and O–H groups in total. The number of rotatable bonds is 6. The Bertz CT molecular complexity index is 625. The Morgan fingerprint density at radius 2 is 1.96 bits per heavy atom. The van der Waals surface area contributed by atoms with E-state index in [1.165, 1.54) is 0 Å². The summed E-state index contributed by atoms with van der Waals surface area (Å²) in [4.78, 5) is 37.6.